The second-order valence-electron chi connectivity index (χ2n) is 3.39. The number of nitrogens with one attached hydrogen (secondary N) is 1. The first-order valence-electron chi connectivity index (χ1n) is 4.68. The number of nitrogens with zero attached hydrogens (tertiary/aromatic N) is 1. The molecule has 0 amide bonds. The number of anilines is 1. The number of thioether (sulfide) groups is 1. The molecule has 0 saturated carbocycles. The molecule has 1 unspecified atom stereocenters. The molecule has 0 aliphatic heterocycles. The fraction of sp³-hybridized carbons (Fsp3) is 0.444. The Hall–Kier alpha value is -0.790. The number of rotatable bonds is 5. The molecule has 1 rings (SSSR count). The number of nitrogen functional groups attached to an aromatic ring is 1. The molecule has 0 spiro atoms. The Morgan fingerprint density at radius 1 is 1.62 bits per heavy atom. The van der Waals surface area contributed by atoms with Gasteiger partial charge in [0, 0.05) is 24.2 Å². The van der Waals surface area contributed by atoms with Gasteiger partial charge < -0.3 is 5.73 Å². The standard InChI is InChI=1S/C9H15N3O2S2/c1-7(6-15-2)12-16(13,14)9-5-11-4-3-8(9)10/h3-5,7,12H,6H2,1-2H3,(H2,10,11). The van der Waals surface area contributed by atoms with Crippen molar-refractivity contribution in [1.29, 1.82) is 0 Å². The van der Waals surface area contributed by atoms with Crippen LogP contribution in [-0.4, -0.2) is 31.5 Å². The molecule has 3 N–H and O–H groups in total. The van der Waals surface area contributed by atoms with Gasteiger partial charge in [0.2, 0.25) is 10.0 Å². The van der Waals surface area contributed by atoms with Gasteiger partial charge in [-0.3, -0.25) is 4.98 Å². The lowest BCUT2D eigenvalue weighted by Gasteiger charge is -2.13. The van der Waals surface area contributed by atoms with E-state index in [1.54, 1.807) is 18.7 Å². The zero-order chi connectivity index (χ0) is 12.2. The first-order chi connectivity index (χ1) is 7.47. The summed E-state index contributed by atoms with van der Waals surface area (Å²) in [5.41, 5.74) is 5.80. The second kappa shape index (κ2) is 5.51. The Morgan fingerprint density at radius 3 is 2.88 bits per heavy atom. The monoisotopic (exact) mass is 261 g/mol. The van der Waals surface area contributed by atoms with E-state index in [0.29, 0.717) is 5.75 Å². The lowest BCUT2D eigenvalue weighted by atomic mass is 10.4. The topological polar surface area (TPSA) is 85.1 Å². The van der Waals surface area contributed by atoms with Crippen molar-refractivity contribution in [2.45, 2.75) is 17.9 Å². The molecule has 0 bridgehead atoms. The maximum atomic E-state index is 11.9. The van der Waals surface area contributed by atoms with Crippen LogP contribution in [0.15, 0.2) is 23.4 Å². The van der Waals surface area contributed by atoms with Gasteiger partial charge in [0.05, 0.1) is 5.69 Å². The summed E-state index contributed by atoms with van der Waals surface area (Å²) in [6, 6.07) is 1.33. The van der Waals surface area contributed by atoms with Crippen LogP contribution in [0.3, 0.4) is 0 Å². The number of nitrogens with two attached hydrogens (primary N) is 1. The van der Waals surface area contributed by atoms with E-state index in [-0.39, 0.29) is 16.6 Å². The molecule has 1 aromatic rings. The molecule has 1 atom stereocenters. The van der Waals surface area contributed by atoms with Gasteiger partial charge >= 0.3 is 0 Å². The molecule has 0 aromatic carbocycles. The van der Waals surface area contributed by atoms with Crippen molar-refractivity contribution in [1.82, 2.24) is 9.71 Å². The van der Waals surface area contributed by atoms with E-state index < -0.39 is 10.0 Å². The van der Waals surface area contributed by atoms with Crippen molar-refractivity contribution in [3.63, 3.8) is 0 Å². The second-order valence-corrected chi connectivity index (χ2v) is 5.98. The highest BCUT2D eigenvalue weighted by Crippen LogP contribution is 2.16. The zero-order valence-electron chi connectivity index (χ0n) is 9.17. The minimum Gasteiger partial charge on any atom is -0.398 e. The highest BCUT2D eigenvalue weighted by molar-refractivity contribution is 7.98. The van der Waals surface area contributed by atoms with Crippen LogP contribution in [0.1, 0.15) is 6.92 Å². The highest BCUT2D eigenvalue weighted by atomic mass is 32.2. The maximum Gasteiger partial charge on any atom is 0.244 e. The molecule has 0 fully saturated rings. The summed E-state index contributed by atoms with van der Waals surface area (Å²) in [4.78, 5) is 3.79. The summed E-state index contributed by atoms with van der Waals surface area (Å²) in [5, 5.41) is 0. The van der Waals surface area contributed by atoms with Crippen molar-refractivity contribution >= 4 is 27.5 Å². The van der Waals surface area contributed by atoms with E-state index in [1.807, 2.05) is 6.26 Å². The normalized spacial score (nSPS) is 13.6. The predicted molar refractivity (Wildman–Crippen MR) is 66.8 cm³/mol. The third kappa shape index (κ3) is 3.36. The van der Waals surface area contributed by atoms with Gasteiger partial charge in [0.25, 0.3) is 0 Å². The lowest BCUT2D eigenvalue weighted by molar-refractivity contribution is 0.571. The van der Waals surface area contributed by atoms with E-state index in [1.165, 1.54) is 18.5 Å². The molecule has 16 heavy (non-hydrogen) atoms. The van der Waals surface area contributed by atoms with Crippen LogP contribution in [0.4, 0.5) is 5.69 Å². The molecule has 1 heterocycles. The number of hydrogen-bond acceptors (Lipinski definition) is 5. The van der Waals surface area contributed by atoms with Crippen LogP contribution >= 0.6 is 11.8 Å². The Bertz CT molecular complexity index is 448. The minimum atomic E-state index is -3.56. The number of hydrogen-bond donors (Lipinski definition) is 2. The van der Waals surface area contributed by atoms with Crippen LogP contribution < -0.4 is 10.5 Å². The summed E-state index contributed by atoms with van der Waals surface area (Å²) in [6.07, 6.45) is 4.63. The average Bonchev–Trinajstić information content (AvgIpc) is 2.17. The van der Waals surface area contributed by atoms with E-state index >= 15 is 0 Å². The van der Waals surface area contributed by atoms with Crippen molar-refractivity contribution in [3.8, 4) is 0 Å². The first kappa shape index (κ1) is 13.3. The molecule has 0 saturated heterocycles. The highest BCUT2D eigenvalue weighted by Gasteiger charge is 2.19. The summed E-state index contributed by atoms with van der Waals surface area (Å²) in [6.45, 7) is 1.81. The first-order valence-corrected chi connectivity index (χ1v) is 7.56. The van der Waals surface area contributed by atoms with Gasteiger partial charge in [0.15, 0.2) is 0 Å². The summed E-state index contributed by atoms with van der Waals surface area (Å²) in [5.74, 6) is 0.708. The summed E-state index contributed by atoms with van der Waals surface area (Å²) < 4.78 is 26.3. The van der Waals surface area contributed by atoms with Gasteiger partial charge in [-0.25, -0.2) is 13.1 Å². The Balaban J connectivity index is 2.91. The van der Waals surface area contributed by atoms with E-state index in [4.69, 9.17) is 5.73 Å². The number of aromatic nitrogens is 1. The smallest absolute Gasteiger partial charge is 0.244 e. The SMILES string of the molecule is CSCC(C)NS(=O)(=O)c1cnccc1N. The average molecular weight is 261 g/mol. The van der Waals surface area contributed by atoms with Crippen LogP contribution in [0.5, 0.6) is 0 Å². The van der Waals surface area contributed by atoms with Crippen LogP contribution in [0.25, 0.3) is 0 Å². The van der Waals surface area contributed by atoms with Gasteiger partial charge in [-0.2, -0.15) is 11.8 Å². The predicted octanol–water partition coefficient (Wildman–Crippen LogP) is 0.694. The Kier molecular flexibility index (Phi) is 4.57. The van der Waals surface area contributed by atoms with Gasteiger partial charge in [0.1, 0.15) is 4.90 Å². The number of sulfonamides is 1. The molecular formula is C9H15N3O2S2. The van der Waals surface area contributed by atoms with Crippen LogP contribution in [0.2, 0.25) is 0 Å². The van der Waals surface area contributed by atoms with E-state index in [0.717, 1.165) is 0 Å². The molecule has 7 heteroatoms. The van der Waals surface area contributed by atoms with Gasteiger partial charge in [-0.1, -0.05) is 0 Å². The molecule has 1 aromatic heterocycles. The maximum absolute atomic E-state index is 11.9. The van der Waals surface area contributed by atoms with E-state index in [2.05, 4.69) is 9.71 Å². The van der Waals surface area contributed by atoms with Gasteiger partial charge in [-0.05, 0) is 19.2 Å². The third-order valence-corrected chi connectivity index (χ3v) is 4.35. The van der Waals surface area contributed by atoms with Crippen LogP contribution in [0, 0.1) is 0 Å². The van der Waals surface area contributed by atoms with Crippen LogP contribution in [-0.2, 0) is 10.0 Å². The fourth-order valence-electron chi connectivity index (χ4n) is 1.23. The molecular weight excluding hydrogens is 246 g/mol. The summed E-state index contributed by atoms with van der Waals surface area (Å²) in [7, 11) is -3.56. The fourth-order valence-corrected chi connectivity index (χ4v) is 3.23. The Labute approximate surface area is 99.9 Å². The lowest BCUT2D eigenvalue weighted by Crippen LogP contribution is -2.34. The Morgan fingerprint density at radius 2 is 2.31 bits per heavy atom. The van der Waals surface area contributed by atoms with Crippen molar-refractivity contribution in [3.05, 3.63) is 18.5 Å². The van der Waals surface area contributed by atoms with E-state index in [9.17, 15) is 8.42 Å². The van der Waals surface area contributed by atoms with Crippen molar-refractivity contribution in [2.75, 3.05) is 17.7 Å². The third-order valence-electron chi connectivity index (χ3n) is 1.88. The van der Waals surface area contributed by atoms with Crippen molar-refractivity contribution < 1.29 is 8.42 Å². The summed E-state index contributed by atoms with van der Waals surface area (Å²) >= 11 is 1.58. The quantitative estimate of drug-likeness (QED) is 0.814. The van der Waals surface area contributed by atoms with Gasteiger partial charge in [-0.15, -0.1) is 0 Å². The largest absolute Gasteiger partial charge is 0.398 e. The molecule has 0 aliphatic carbocycles. The molecule has 0 aliphatic rings. The molecule has 0 radical (unpaired) electrons. The minimum absolute atomic E-state index is 0.0305. The zero-order valence-corrected chi connectivity index (χ0v) is 10.8. The number of pyridine rings is 1. The molecule has 90 valence electrons. The van der Waals surface area contributed by atoms with Crippen molar-refractivity contribution in [2.24, 2.45) is 0 Å². The molecule has 5 nitrogen and oxygen atoms in total.